The van der Waals surface area contributed by atoms with E-state index in [1.165, 1.54) is 6.07 Å². The largest absolute Gasteiger partial charge is 0.449 e. The monoisotopic (exact) mass is 492 g/mol. The summed E-state index contributed by atoms with van der Waals surface area (Å²) in [7, 11) is -4.12. The summed E-state index contributed by atoms with van der Waals surface area (Å²) in [5.41, 5.74) is 6.95. The Morgan fingerprint density at radius 3 is 2.31 bits per heavy atom. The molecule has 2 heterocycles. The van der Waals surface area contributed by atoms with Gasteiger partial charge in [0.25, 0.3) is 10.0 Å². The minimum absolute atomic E-state index is 0.00785. The van der Waals surface area contributed by atoms with Crippen LogP contribution in [0.4, 0.5) is 4.79 Å². The molecule has 2 aromatic heterocycles. The van der Waals surface area contributed by atoms with Crippen molar-refractivity contribution >= 4 is 27.3 Å². The minimum atomic E-state index is -4.12. The summed E-state index contributed by atoms with van der Waals surface area (Å²) in [6.45, 7) is 9.84. The molecule has 0 atom stereocenters. The lowest BCUT2D eigenvalue weighted by molar-refractivity contribution is 0.158. The van der Waals surface area contributed by atoms with E-state index >= 15 is 0 Å². The Kier molecular flexibility index (Phi) is 6.62. The van der Waals surface area contributed by atoms with Crippen molar-refractivity contribution in [3.05, 3.63) is 71.2 Å². The molecule has 182 valence electrons. The molecule has 1 N–H and O–H groups in total. The Labute approximate surface area is 205 Å². The smallest absolute Gasteiger partial charge is 0.421 e. The number of amides is 1. The quantitative estimate of drug-likeness (QED) is 0.406. The van der Waals surface area contributed by atoms with Gasteiger partial charge in [0.2, 0.25) is 0 Å². The molecule has 4 rings (SSSR count). The molecule has 0 spiro atoms. The van der Waals surface area contributed by atoms with Crippen LogP contribution in [0.25, 0.3) is 28.0 Å². The topological polar surface area (TPSA) is 103 Å². The van der Waals surface area contributed by atoms with E-state index in [0.717, 1.165) is 45.9 Å². The van der Waals surface area contributed by atoms with Crippen molar-refractivity contribution in [2.45, 2.75) is 45.9 Å². The maximum atomic E-state index is 12.9. The molecule has 0 saturated carbocycles. The van der Waals surface area contributed by atoms with E-state index in [1.807, 2.05) is 40.5 Å². The van der Waals surface area contributed by atoms with E-state index in [4.69, 9.17) is 14.7 Å². The van der Waals surface area contributed by atoms with E-state index in [0.29, 0.717) is 11.1 Å². The zero-order valence-electron chi connectivity index (χ0n) is 20.4. The summed E-state index contributed by atoms with van der Waals surface area (Å²) < 4.78 is 34.5. The number of pyridine rings is 1. The molecular formula is C26H28N4O4S. The molecule has 4 aromatic rings. The number of sulfonamides is 1. The van der Waals surface area contributed by atoms with E-state index in [2.05, 4.69) is 20.8 Å². The van der Waals surface area contributed by atoms with Crippen LogP contribution in [0.3, 0.4) is 0 Å². The Hall–Kier alpha value is -3.72. The number of aromatic nitrogens is 3. The number of imidazole rings is 1. The third-order valence-corrected chi connectivity index (χ3v) is 7.45. The fourth-order valence-electron chi connectivity index (χ4n) is 4.07. The Bertz CT molecular complexity index is 1520. The number of nitrogens with zero attached hydrogens (tertiary/aromatic N) is 3. The number of benzene rings is 2. The molecule has 0 aliphatic carbocycles. The highest BCUT2D eigenvalue weighted by atomic mass is 32.2. The van der Waals surface area contributed by atoms with Crippen LogP contribution in [0.5, 0.6) is 0 Å². The summed E-state index contributed by atoms with van der Waals surface area (Å²) in [5, 5.41) is 0. The van der Waals surface area contributed by atoms with Gasteiger partial charge in [-0.15, -0.1) is 0 Å². The summed E-state index contributed by atoms with van der Waals surface area (Å²) >= 11 is 0. The standard InChI is InChI=1S/C26H28N4O4S/c1-6-23-28-24-17(4)16(3)18(5)27-25(24)30(23)20-14-12-19(13-15-20)21-10-8-9-11-22(21)35(32,33)29-26(31)34-7-2/h8-15H,6-7H2,1-5H3,(H,29,31). The molecular weight excluding hydrogens is 464 g/mol. The first-order valence-electron chi connectivity index (χ1n) is 11.4. The van der Waals surface area contributed by atoms with Gasteiger partial charge in [0.05, 0.1) is 11.5 Å². The molecule has 0 fully saturated rings. The van der Waals surface area contributed by atoms with Gasteiger partial charge in [-0.2, -0.15) is 0 Å². The van der Waals surface area contributed by atoms with Crippen LogP contribution in [-0.2, 0) is 21.2 Å². The van der Waals surface area contributed by atoms with E-state index < -0.39 is 16.1 Å². The van der Waals surface area contributed by atoms with Crippen molar-refractivity contribution in [2.75, 3.05) is 6.61 Å². The van der Waals surface area contributed by atoms with Crippen LogP contribution in [-0.4, -0.2) is 35.7 Å². The molecule has 0 radical (unpaired) electrons. The fraction of sp³-hybridized carbons (Fsp3) is 0.269. The zero-order valence-corrected chi connectivity index (χ0v) is 21.2. The second kappa shape index (κ2) is 9.50. The van der Waals surface area contributed by atoms with E-state index in [9.17, 15) is 13.2 Å². The molecule has 35 heavy (non-hydrogen) atoms. The first-order valence-corrected chi connectivity index (χ1v) is 12.9. The third-order valence-electron chi connectivity index (χ3n) is 6.08. The molecule has 9 heteroatoms. The van der Waals surface area contributed by atoms with Crippen LogP contribution < -0.4 is 4.72 Å². The lowest BCUT2D eigenvalue weighted by Crippen LogP contribution is -2.31. The predicted octanol–water partition coefficient (Wildman–Crippen LogP) is 5.01. The Balaban J connectivity index is 1.78. The van der Waals surface area contributed by atoms with Gasteiger partial charge in [0.1, 0.15) is 11.3 Å². The lowest BCUT2D eigenvalue weighted by Gasteiger charge is -2.13. The fourth-order valence-corrected chi connectivity index (χ4v) is 5.19. The summed E-state index contributed by atoms with van der Waals surface area (Å²) in [6, 6.07) is 14.1. The van der Waals surface area contributed by atoms with Gasteiger partial charge in [0, 0.05) is 23.4 Å². The minimum Gasteiger partial charge on any atom is -0.449 e. The van der Waals surface area contributed by atoms with Crippen molar-refractivity contribution in [3.8, 4) is 16.8 Å². The molecule has 0 saturated heterocycles. The molecule has 2 aromatic carbocycles. The lowest BCUT2D eigenvalue weighted by atomic mass is 10.1. The van der Waals surface area contributed by atoms with Crippen molar-refractivity contribution in [1.82, 2.24) is 19.3 Å². The van der Waals surface area contributed by atoms with Gasteiger partial charge in [-0.3, -0.25) is 4.57 Å². The SMILES string of the molecule is CCOC(=O)NS(=O)(=O)c1ccccc1-c1ccc(-n2c(CC)nc3c(C)c(C)c(C)nc32)cc1. The number of ether oxygens (including phenoxy) is 1. The number of rotatable bonds is 6. The van der Waals surface area contributed by atoms with Crippen LogP contribution in [0, 0.1) is 20.8 Å². The second-order valence-corrected chi connectivity index (χ2v) is 9.86. The maximum Gasteiger partial charge on any atom is 0.421 e. The Morgan fingerprint density at radius 1 is 0.971 bits per heavy atom. The number of aryl methyl sites for hydroxylation is 3. The highest BCUT2D eigenvalue weighted by Crippen LogP contribution is 2.30. The molecule has 0 unspecified atom stereocenters. The van der Waals surface area contributed by atoms with Crippen LogP contribution in [0.15, 0.2) is 53.4 Å². The predicted molar refractivity (Wildman–Crippen MR) is 135 cm³/mol. The third kappa shape index (κ3) is 4.51. The van der Waals surface area contributed by atoms with Crippen LogP contribution in [0.1, 0.15) is 36.5 Å². The first kappa shape index (κ1) is 24.4. The molecule has 0 aliphatic rings. The average molecular weight is 493 g/mol. The van der Waals surface area contributed by atoms with Gasteiger partial charge < -0.3 is 4.74 Å². The van der Waals surface area contributed by atoms with Gasteiger partial charge in [-0.1, -0.05) is 37.3 Å². The highest BCUT2D eigenvalue weighted by molar-refractivity contribution is 7.90. The number of nitrogens with one attached hydrogen (secondary N) is 1. The second-order valence-electron chi connectivity index (χ2n) is 8.21. The van der Waals surface area contributed by atoms with Crippen LogP contribution >= 0.6 is 0 Å². The molecule has 0 aliphatic heterocycles. The number of hydrogen-bond acceptors (Lipinski definition) is 6. The van der Waals surface area contributed by atoms with Gasteiger partial charge in [-0.05, 0) is 62.6 Å². The zero-order chi connectivity index (χ0) is 25.3. The van der Waals surface area contributed by atoms with E-state index in [-0.39, 0.29) is 11.5 Å². The Morgan fingerprint density at radius 2 is 1.66 bits per heavy atom. The summed E-state index contributed by atoms with van der Waals surface area (Å²) in [6.07, 6.45) is -0.277. The molecule has 8 nitrogen and oxygen atoms in total. The van der Waals surface area contributed by atoms with Crippen molar-refractivity contribution in [2.24, 2.45) is 0 Å². The number of hydrogen-bond donors (Lipinski definition) is 1. The summed E-state index contributed by atoms with van der Waals surface area (Å²) in [5.74, 6) is 0.898. The van der Waals surface area contributed by atoms with Crippen molar-refractivity contribution in [3.63, 3.8) is 0 Å². The molecule has 0 bridgehead atoms. The van der Waals surface area contributed by atoms with Gasteiger partial charge in [-0.25, -0.2) is 27.9 Å². The summed E-state index contributed by atoms with van der Waals surface area (Å²) in [4.78, 5) is 21.4. The number of fused-ring (bicyclic) bond motifs is 1. The number of carbonyl (C=O) groups is 1. The van der Waals surface area contributed by atoms with Gasteiger partial charge >= 0.3 is 6.09 Å². The van der Waals surface area contributed by atoms with Crippen molar-refractivity contribution < 1.29 is 17.9 Å². The van der Waals surface area contributed by atoms with Crippen LogP contribution in [0.2, 0.25) is 0 Å². The maximum absolute atomic E-state index is 12.9. The van der Waals surface area contributed by atoms with Crippen molar-refractivity contribution in [1.29, 1.82) is 0 Å². The van der Waals surface area contributed by atoms with Gasteiger partial charge in [0.15, 0.2) is 5.65 Å². The normalized spacial score (nSPS) is 11.6. The first-order chi connectivity index (χ1) is 16.7. The van der Waals surface area contributed by atoms with E-state index in [1.54, 1.807) is 25.1 Å². The average Bonchev–Trinajstić information content (AvgIpc) is 3.21. The molecule has 1 amide bonds. The number of carbonyl (C=O) groups excluding carboxylic acids is 1. The highest BCUT2D eigenvalue weighted by Gasteiger charge is 2.23.